The van der Waals surface area contributed by atoms with E-state index in [1.54, 1.807) is 6.08 Å². The summed E-state index contributed by atoms with van der Waals surface area (Å²) in [7, 11) is 0. The summed E-state index contributed by atoms with van der Waals surface area (Å²) >= 11 is 0. The third-order valence-corrected chi connectivity index (χ3v) is 5.52. The van der Waals surface area contributed by atoms with Crippen LogP contribution in [0.5, 0.6) is 0 Å². The van der Waals surface area contributed by atoms with E-state index in [-0.39, 0.29) is 5.78 Å². The summed E-state index contributed by atoms with van der Waals surface area (Å²) in [6.07, 6.45) is 14.1. The third kappa shape index (κ3) is 5.53. The van der Waals surface area contributed by atoms with Crippen LogP contribution in [0.25, 0.3) is 6.08 Å². The maximum absolute atomic E-state index is 12.1. The van der Waals surface area contributed by atoms with Crippen LogP contribution in [0, 0.1) is 11.8 Å². The minimum atomic E-state index is 0.217. The summed E-state index contributed by atoms with van der Waals surface area (Å²) < 4.78 is 5.37. The predicted molar refractivity (Wildman–Crippen MR) is 106 cm³/mol. The minimum Gasteiger partial charge on any atom is -0.378 e. The monoisotopic (exact) mass is 354 g/mol. The van der Waals surface area contributed by atoms with Crippen LogP contribution in [0.15, 0.2) is 37.1 Å². The summed E-state index contributed by atoms with van der Waals surface area (Å²) in [6.45, 7) is 7.11. The van der Waals surface area contributed by atoms with Crippen molar-refractivity contribution in [2.24, 2.45) is 11.8 Å². The van der Waals surface area contributed by atoms with Gasteiger partial charge in [-0.2, -0.15) is 0 Å². The molecule has 0 spiro atoms. The normalized spacial score (nSPS) is 23.5. The molecule has 1 saturated carbocycles. The van der Waals surface area contributed by atoms with Crippen molar-refractivity contribution in [2.75, 3.05) is 31.2 Å². The molecule has 26 heavy (non-hydrogen) atoms. The van der Waals surface area contributed by atoms with Crippen molar-refractivity contribution in [3.63, 3.8) is 0 Å². The SMILES string of the molecule is C=CCC1CCC(CCC(=O)/C=C/c2ccc(N3CCOCC3)nc2)C1. The molecule has 0 bridgehead atoms. The zero-order valence-corrected chi connectivity index (χ0v) is 15.6. The van der Waals surface area contributed by atoms with Gasteiger partial charge in [0.15, 0.2) is 5.78 Å². The van der Waals surface area contributed by atoms with Crippen LogP contribution in [-0.4, -0.2) is 37.1 Å². The molecule has 2 heterocycles. The number of anilines is 1. The van der Waals surface area contributed by atoms with E-state index < -0.39 is 0 Å². The number of nitrogens with zero attached hydrogens (tertiary/aromatic N) is 2. The van der Waals surface area contributed by atoms with E-state index in [1.807, 2.05) is 30.5 Å². The highest BCUT2D eigenvalue weighted by Gasteiger charge is 2.23. The van der Waals surface area contributed by atoms with Gasteiger partial charge in [0.1, 0.15) is 5.82 Å². The van der Waals surface area contributed by atoms with Crippen molar-refractivity contribution < 1.29 is 9.53 Å². The Morgan fingerprint density at radius 1 is 1.27 bits per heavy atom. The lowest BCUT2D eigenvalue weighted by molar-refractivity contribution is -0.114. The molecule has 1 aliphatic heterocycles. The molecule has 3 rings (SSSR count). The molecular weight excluding hydrogens is 324 g/mol. The van der Waals surface area contributed by atoms with Gasteiger partial charge in [0, 0.05) is 25.7 Å². The molecule has 1 saturated heterocycles. The average Bonchev–Trinajstić information content (AvgIpc) is 3.14. The summed E-state index contributed by atoms with van der Waals surface area (Å²) in [5, 5.41) is 0. The standard InChI is InChI=1S/C22H30N2O2/c1-2-3-18-4-5-19(16-18)6-9-21(25)10-7-20-8-11-22(23-17-20)24-12-14-26-15-13-24/h2,7-8,10-11,17-19H,1,3-6,9,12-16H2/b10-7+. The quantitative estimate of drug-likeness (QED) is 0.516. The second-order valence-corrected chi connectivity index (χ2v) is 7.46. The molecule has 4 heteroatoms. The maximum atomic E-state index is 12.1. The molecule has 2 fully saturated rings. The Bertz CT molecular complexity index is 618. The smallest absolute Gasteiger partial charge is 0.155 e. The molecule has 4 nitrogen and oxygen atoms in total. The first-order chi connectivity index (χ1) is 12.7. The lowest BCUT2D eigenvalue weighted by atomic mass is 9.97. The Labute approximate surface area is 156 Å². The number of hydrogen-bond donors (Lipinski definition) is 0. The van der Waals surface area contributed by atoms with Crippen LogP contribution in [0.4, 0.5) is 5.82 Å². The fourth-order valence-electron chi connectivity index (χ4n) is 3.98. The van der Waals surface area contributed by atoms with Gasteiger partial charge in [0.25, 0.3) is 0 Å². The Morgan fingerprint density at radius 3 is 2.81 bits per heavy atom. The molecule has 0 N–H and O–H groups in total. The Morgan fingerprint density at radius 2 is 2.08 bits per heavy atom. The van der Waals surface area contributed by atoms with Gasteiger partial charge in [0.05, 0.1) is 13.2 Å². The molecule has 0 amide bonds. The van der Waals surface area contributed by atoms with Crippen molar-refractivity contribution in [1.29, 1.82) is 0 Å². The summed E-state index contributed by atoms with van der Waals surface area (Å²) in [5.41, 5.74) is 0.974. The van der Waals surface area contributed by atoms with Crippen LogP contribution >= 0.6 is 0 Å². The van der Waals surface area contributed by atoms with E-state index in [1.165, 1.54) is 19.3 Å². The molecule has 2 unspecified atom stereocenters. The predicted octanol–water partition coefficient (Wildman–Crippen LogP) is 4.27. The molecule has 1 aromatic heterocycles. The number of morpholine rings is 1. The van der Waals surface area contributed by atoms with Crippen LogP contribution in [0.1, 0.15) is 44.1 Å². The molecule has 2 atom stereocenters. The number of allylic oxidation sites excluding steroid dienone is 2. The van der Waals surface area contributed by atoms with Gasteiger partial charge >= 0.3 is 0 Å². The third-order valence-electron chi connectivity index (χ3n) is 5.52. The van der Waals surface area contributed by atoms with Gasteiger partial charge in [0.2, 0.25) is 0 Å². The highest BCUT2D eigenvalue weighted by Crippen LogP contribution is 2.35. The topological polar surface area (TPSA) is 42.4 Å². The second-order valence-electron chi connectivity index (χ2n) is 7.46. The van der Waals surface area contributed by atoms with Crippen molar-refractivity contribution in [3.05, 3.63) is 42.6 Å². The lowest BCUT2D eigenvalue weighted by Gasteiger charge is -2.27. The van der Waals surface area contributed by atoms with E-state index in [9.17, 15) is 4.79 Å². The number of aromatic nitrogens is 1. The lowest BCUT2D eigenvalue weighted by Crippen LogP contribution is -2.36. The molecular formula is C22H30N2O2. The van der Waals surface area contributed by atoms with Crippen molar-refractivity contribution >= 4 is 17.7 Å². The second kappa shape index (κ2) is 9.67. The number of carbonyl (C=O) groups excluding carboxylic acids is 1. The first-order valence-electron chi connectivity index (χ1n) is 9.85. The van der Waals surface area contributed by atoms with E-state index in [0.717, 1.165) is 56.4 Å². The summed E-state index contributed by atoms with van der Waals surface area (Å²) in [5.74, 6) is 2.70. The molecule has 1 aromatic rings. The van der Waals surface area contributed by atoms with Gasteiger partial charge < -0.3 is 9.64 Å². The highest BCUT2D eigenvalue weighted by molar-refractivity contribution is 5.93. The first kappa shape index (κ1) is 18.8. The fourth-order valence-corrected chi connectivity index (χ4v) is 3.98. The van der Waals surface area contributed by atoms with Gasteiger partial charge in [-0.1, -0.05) is 12.5 Å². The van der Waals surface area contributed by atoms with Crippen LogP contribution in [0.3, 0.4) is 0 Å². The minimum absolute atomic E-state index is 0.217. The summed E-state index contributed by atoms with van der Waals surface area (Å²) in [6, 6.07) is 4.05. The Kier molecular flexibility index (Phi) is 7.01. The molecule has 140 valence electrons. The van der Waals surface area contributed by atoms with E-state index in [4.69, 9.17) is 4.74 Å². The highest BCUT2D eigenvalue weighted by atomic mass is 16.5. The van der Waals surface area contributed by atoms with Gasteiger partial charge in [-0.15, -0.1) is 6.58 Å². The van der Waals surface area contributed by atoms with E-state index in [0.29, 0.717) is 12.3 Å². The zero-order chi connectivity index (χ0) is 18.2. The van der Waals surface area contributed by atoms with Crippen molar-refractivity contribution in [1.82, 2.24) is 4.98 Å². The number of pyridine rings is 1. The first-order valence-corrected chi connectivity index (χ1v) is 9.85. The van der Waals surface area contributed by atoms with Crippen LogP contribution in [-0.2, 0) is 9.53 Å². The largest absolute Gasteiger partial charge is 0.378 e. The fraction of sp³-hybridized carbons (Fsp3) is 0.545. The van der Waals surface area contributed by atoms with Crippen molar-refractivity contribution in [2.45, 2.75) is 38.5 Å². The number of carbonyl (C=O) groups is 1. The molecule has 0 radical (unpaired) electrons. The van der Waals surface area contributed by atoms with Gasteiger partial charge in [-0.3, -0.25) is 4.79 Å². The Hall–Kier alpha value is -1.94. The molecule has 2 aliphatic rings. The van der Waals surface area contributed by atoms with Crippen LogP contribution < -0.4 is 4.90 Å². The Balaban J connectivity index is 1.42. The molecule has 0 aromatic carbocycles. The van der Waals surface area contributed by atoms with E-state index >= 15 is 0 Å². The molecule has 1 aliphatic carbocycles. The van der Waals surface area contributed by atoms with Gasteiger partial charge in [-0.05, 0) is 67.4 Å². The maximum Gasteiger partial charge on any atom is 0.155 e. The van der Waals surface area contributed by atoms with Crippen molar-refractivity contribution in [3.8, 4) is 0 Å². The number of hydrogen-bond acceptors (Lipinski definition) is 4. The zero-order valence-electron chi connectivity index (χ0n) is 15.6. The number of ether oxygens (including phenoxy) is 1. The van der Waals surface area contributed by atoms with Crippen LogP contribution in [0.2, 0.25) is 0 Å². The van der Waals surface area contributed by atoms with Gasteiger partial charge in [-0.25, -0.2) is 4.98 Å². The summed E-state index contributed by atoms with van der Waals surface area (Å²) in [4.78, 5) is 18.9. The number of rotatable bonds is 8. The van der Waals surface area contributed by atoms with E-state index in [2.05, 4.69) is 16.5 Å². The number of ketones is 1. The average molecular weight is 354 g/mol.